The van der Waals surface area contributed by atoms with Crippen molar-refractivity contribution in [3.8, 4) is 12.3 Å². The number of hydrogen-bond acceptors (Lipinski definition) is 0. The smallest absolute Gasteiger partial charge is 0.0304 e. The van der Waals surface area contributed by atoms with Crippen LogP contribution >= 0.6 is 0 Å². The average Bonchev–Trinajstić information content (AvgIpc) is 1.95. The first kappa shape index (κ1) is 8.56. The van der Waals surface area contributed by atoms with Crippen LogP contribution in [0.15, 0.2) is 0 Å². The van der Waals surface area contributed by atoms with E-state index >= 15 is 0 Å². The van der Waals surface area contributed by atoms with Crippen molar-refractivity contribution in [2.24, 2.45) is 5.41 Å². The molecule has 0 radical (unpaired) electrons. The Bertz CT molecular complexity index is 93.4. The van der Waals surface area contributed by atoms with E-state index in [-0.39, 0.29) is 5.41 Å². The lowest BCUT2D eigenvalue weighted by atomic mass is 9.81. The maximum absolute atomic E-state index is 5.39. The summed E-state index contributed by atoms with van der Waals surface area (Å²) in [5, 5.41) is 0. The van der Waals surface area contributed by atoms with E-state index in [4.69, 9.17) is 6.42 Å². The molecule has 0 aromatic heterocycles. The van der Waals surface area contributed by atoms with Gasteiger partial charge in [-0.15, -0.1) is 6.42 Å². The Labute approximate surface area is 58.7 Å². The molecule has 0 heteroatoms. The minimum Gasteiger partial charge on any atom is -0.120 e. The lowest BCUT2D eigenvalue weighted by Crippen LogP contribution is -2.13. The molecule has 0 unspecified atom stereocenters. The SMILES string of the molecule is C#CC(CC)(CC)CC. The van der Waals surface area contributed by atoms with Crippen LogP contribution in [0.3, 0.4) is 0 Å². The molecule has 0 N–H and O–H groups in total. The van der Waals surface area contributed by atoms with E-state index in [9.17, 15) is 0 Å². The Hall–Kier alpha value is -0.440. The predicted molar refractivity (Wildman–Crippen MR) is 42.1 cm³/mol. The average molecular weight is 124 g/mol. The summed E-state index contributed by atoms with van der Waals surface area (Å²) in [6.45, 7) is 6.48. The van der Waals surface area contributed by atoms with Gasteiger partial charge in [-0.1, -0.05) is 26.7 Å². The van der Waals surface area contributed by atoms with Gasteiger partial charge in [0.15, 0.2) is 0 Å². The first-order valence-corrected chi connectivity index (χ1v) is 3.72. The van der Waals surface area contributed by atoms with Gasteiger partial charge in [0.2, 0.25) is 0 Å². The maximum Gasteiger partial charge on any atom is 0.0304 e. The van der Waals surface area contributed by atoms with E-state index in [0.29, 0.717) is 0 Å². The molecule has 0 spiro atoms. The normalized spacial score (nSPS) is 10.9. The molecule has 0 bridgehead atoms. The van der Waals surface area contributed by atoms with Crippen LogP contribution in [-0.4, -0.2) is 0 Å². The van der Waals surface area contributed by atoms with E-state index in [1.807, 2.05) is 0 Å². The van der Waals surface area contributed by atoms with Crippen LogP contribution in [0.1, 0.15) is 40.0 Å². The quantitative estimate of drug-likeness (QED) is 0.507. The molecule has 9 heavy (non-hydrogen) atoms. The Kier molecular flexibility index (Phi) is 3.39. The van der Waals surface area contributed by atoms with E-state index in [0.717, 1.165) is 19.3 Å². The van der Waals surface area contributed by atoms with Crippen LogP contribution in [0.2, 0.25) is 0 Å². The highest BCUT2D eigenvalue weighted by molar-refractivity contribution is 5.03. The molecule has 0 rings (SSSR count). The number of terminal acetylenes is 1. The van der Waals surface area contributed by atoms with Gasteiger partial charge in [0, 0.05) is 5.41 Å². The first-order chi connectivity index (χ1) is 4.24. The monoisotopic (exact) mass is 124 g/mol. The summed E-state index contributed by atoms with van der Waals surface area (Å²) in [7, 11) is 0. The van der Waals surface area contributed by atoms with Gasteiger partial charge >= 0.3 is 0 Å². The number of rotatable bonds is 3. The van der Waals surface area contributed by atoms with Crippen molar-refractivity contribution in [2.75, 3.05) is 0 Å². The minimum absolute atomic E-state index is 0.194. The Morgan fingerprint density at radius 3 is 1.44 bits per heavy atom. The summed E-state index contributed by atoms with van der Waals surface area (Å²) < 4.78 is 0. The summed E-state index contributed by atoms with van der Waals surface area (Å²) >= 11 is 0. The van der Waals surface area contributed by atoms with Crippen LogP contribution in [0.5, 0.6) is 0 Å². The van der Waals surface area contributed by atoms with Crippen LogP contribution < -0.4 is 0 Å². The van der Waals surface area contributed by atoms with E-state index < -0.39 is 0 Å². The van der Waals surface area contributed by atoms with Gasteiger partial charge in [-0.05, 0) is 19.3 Å². The van der Waals surface area contributed by atoms with Crippen molar-refractivity contribution in [3.05, 3.63) is 0 Å². The lowest BCUT2D eigenvalue weighted by molar-refractivity contribution is 0.358. The topological polar surface area (TPSA) is 0 Å². The van der Waals surface area contributed by atoms with Gasteiger partial charge in [0.25, 0.3) is 0 Å². The van der Waals surface area contributed by atoms with Crippen LogP contribution in [-0.2, 0) is 0 Å². The van der Waals surface area contributed by atoms with Crippen molar-refractivity contribution >= 4 is 0 Å². The molecule has 0 nitrogen and oxygen atoms in total. The van der Waals surface area contributed by atoms with Crippen LogP contribution in [0.25, 0.3) is 0 Å². The Morgan fingerprint density at radius 2 is 1.44 bits per heavy atom. The molecule has 0 atom stereocenters. The summed E-state index contributed by atoms with van der Waals surface area (Å²) in [5.41, 5.74) is 0.194. The standard InChI is InChI=1S/C9H16/c1-5-9(6-2,7-3)8-4/h1H,6-8H2,2-4H3. The molecule has 0 saturated carbocycles. The predicted octanol–water partition coefficient (Wildman–Crippen LogP) is 2.84. The fraction of sp³-hybridized carbons (Fsp3) is 0.778. The summed E-state index contributed by atoms with van der Waals surface area (Å²) in [5.74, 6) is 2.86. The zero-order chi connectivity index (χ0) is 7.33. The highest BCUT2D eigenvalue weighted by Crippen LogP contribution is 2.28. The Balaban J connectivity index is 4.04. The fourth-order valence-corrected chi connectivity index (χ4v) is 1.06. The first-order valence-electron chi connectivity index (χ1n) is 3.72. The molecule has 0 heterocycles. The molecular weight excluding hydrogens is 108 g/mol. The zero-order valence-corrected chi connectivity index (χ0v) is 6.70. The largest absolute Gasteiger partial charge is 0.120 e. The minimum atomic E-state index is 0.194. The number of hydrogen-bond donors (Lipinski definition) is 0. The third-order valence-corrected chi connectivity index (χ3v) is 2.34. The molecule has 0 aliphatic carbocycles. The molecule has 0 aromatic carbocycles. The van der Waals surface area contributed by atoms with E-state index in [2.05, 4.69) is 26.7 Å². The van der Waals surface area contributed by atoms with Crippen molar-refractivity contribution in [1.29, 1.82) is 0 Å². The van der Waals surface area contributed by atoms with Gasteiger partial charge in [-0.25, -0.2) is 0 Å². The van der Waals surface area contributed by atoms with Crippen molar-refractivity contribution in [3.63, 3.8) is 0 Å². The fourth-order valence-electron chi connectivity index (χ4n) is 1.06. The second kappa shape index (κ2) is 3.56. The Morgan fingerprint density at radius 1 is 1.11 bits per heavy atom. The van der Waals surface area contributed by atoms with Gasteiger partial charge in [-0.3, -0.25) is 0 Å². The van der Waals surface area contributed by atoms with Crippen molar-refractivity contribution in [1.82, 2.24) is 0 Å². The molecule has 0 aliphatic heterocycles. The van der Waals surface area contributed by atoms with Crippen LogP contribution in [0, 0.1) is 17.8 Å². The highest BCUT2D eigenvalue weighted by atomic mass is 14.2. The van der Waals surface area contributed by atoms with Crippen molar-refractivity contribution < 1.29 is 0 Å². The molecular formula is C9H16. The third-order valence-electron chi connectivity index (χ3n) is 2.34. The second-order valence-corrected chi connectivity index (χ2v) is 2.49. The van der Waals surface area contributed by atoms with E-state index in [1.165, 1.54) is 0 Å². The van der Waals surface area contributed by atoms with Gasteiger partial charge in [0.1, 0.15) is 0 Å². The second-order valence-electron chi connectivity index (χ2n) is 2.49. The summed E-state index contributed by atoms with van der Waals surface area (Å²) in [6, 6.07) is 0. The lowest BCUT2D eigenvalue weighted by Gasteiger charge is -2.22. The van der Waals surface area contributed by atoms with E-state index in [1.54, 1.807) is 0 Å². The molecule has 0 amide bonds. The molecule has 0 saturated heterocycles. The summed E-state index contributed by atoms with van der Waals surface area (Å²) in [4.78, 5) is 0. The molecule has 0 aliphatic rings. The maximum atomic E-state index is 5.39. The van der Waals surface area contributed by atoms with Crippen molar-refractivity contribution in [2.45, 2.75) is 40.0 Å². The highest BCUT2D eigenvalue weighted by Gasteiger charge is 2.19. The third kappa shape index (κ3) is 1.75. The van der Waals surface area contributed by atoms with Crippen LogP contribution in [0.4, 0.5) is 0 Å². The van der Waals surface area contributed by atoms with Gasteiger partial charge < -0.3 is 0 Å². The molecule has 52 valence electrons. The zero-order valence-electron chi connectivity index (χ0n) is 6.70. The molecule has 0 aromatic rings. The summed E-state index contributed by atoms with van der Waals surface area (Å²) in [6.07, 6.45) is 8.71. The van der Waals surface area contributed by atoms with Gasteiger partial charge in [-0.2, -0.15) is 0 Å². The molecule has 0 fully saturated rings. The van der Waals surface area contributed by atoms with Gasteiger partial charge in [0.05, 0.1) is 0 Å².